The number of hydrogen-bond acceptors (Lipinski definition) is 3. The van der Waals surface area contributed by atoms with Crippen LogP contribution in [0.5, 0.6) is 0 Å². The van der Waals surface area contributed by atoms with Crippen molar-refractivity contribution in [1.29, 1.82) is 0 Å². The molecule has 0 saturated carbocycles. The zero-order valence-electron chi connectivity index (χ0n) is 16.5. The molecule has 7 heteroatoms. The minimum absolute atomic E-state index is 0.258. The highest BCUT2D eigenvalue weighted by atomic mass is 79.9. The van der Waals surface area contributed by atoms with Gasteiger partial charge in [0.15, 0.2) is 0 Å². The molecule has 0 bridgehead atoms. The van der Waals surface area contributed by atoms with Crippen molar-refractivity contribution in [2.45, 2.75) is 32.6 Å². The van der Waals surface area contributed by atoms with Gasteiger partial charge in [-0.2, -0.15) is 0 Å². The van der Waals surface area contributed by atoms with Crippen LogP contribution in [0.1, 0.15) is 58.9 Å². The molecule has 3 rings (SSSR count). The van der Waals surface area contributed by atoms with Gasteiger partial charge in [-0.25, -0.2) is 4.79 Å². The van der Waals surface area contributed by atoms with Crippen LogP contribution >= 0.6 is 15.9 Å². The summed E-state index contributed by atoms with van der Waals surface area (Å²) in [5.74, 6) is -0.233. The third kappa shape index (κ3) is 4.67. The topological polar surface area (TPSA) is 78.5 Å². The minimum Gasteiger partial charge on any atom is -0.338 e. The standard InChI is InChI=1S/C22H24BrN3O3/c1-3-14(2)16-7-4-5-8-19(16)25-22(29)24-11-6-12-26-20(27)17-10-9-15(23)13-18(17)21(26)28/h4-5,7-10,13-14H,3,6,11-12H2,1-2H3,(H2,24,25,29). The first-order valence-corrected chi connectivity index (χ1v) is 10.5. The highest BCUT2D eigenvalue weighted by molar-refractivity contribution is 9.10. The van der Waals surface area contributed by atoms with Crippen LogP contribution < -0.4 is 10.6 Å². The summed E-state index contributed by atoms with van der Waals surface area (Å²) in [6.45, 7) is 4.85. The Balaban J connectivity index is 1.50. The number of benzene rings is 2. The third-order valence-corrected chi connectivity index (χ3v) is 5.62. The van der Waals surface area contributed by atoms with Crippen LogP contribution in [-0.4, -0.2) is 35.8 Å². The van der Waals surface area contributed by atoms with E-state index in [9.17, 15) is 14.4 Å². The van der Waals surface area contributed by atoms with Crippen molar-refractivity contribution in [3.05, 3.63) is 63.6 Å². The molecule has 1 atom stereocenters. The summed E-state index contributed by atoms with van der Waals surface area (Å²) in [6.07, 6.45) is 1.46. The summed E-state index contributed by atoms with van der Waals surface area (Å²) < 4.78 is 0.760. The molecule has 4 amide bonds. The van der Waals surface area contributed by atoms with Gasteiger partial charge in [-0.05, 0) is 48.6 Å². The van der Waals surface area contributed by atoms with Crippen LogP contribution in [0.25, 0.3) is 0 Å². The van der Waals surface area contributed by atoms with Gasteiger partial charge >= 0.3 is 6.03 Å². The van der Waals surface area contributed by atoms with Crippen LogP contribution in [0.3, 0.4) is 0 Å². The van der Waals surface area contributed by atoms with Crippen LogP contribution in [0.2, 0.25) is 0 Å². The summed E-state index contributed by atoms with van der Waals surface area (Å²) in [7, 11) is 0. The number of rotatable bonds is 7. The summed E-state index contributed by atoms with van der Waals surface area (Å²) in [6, 6.07) is 12.5. The summed E-state index contributed by atoms with van der Waals surface area (Å²) in [5.41, 5.74) is 2.73. The molecular weight excluding hydrogens is 434 g/mol. The van der Waals surface area contributed by atoms with E-state index in [1.54, 1.807) is 18.2 Å². The molecule has 1 aliphatic rings. The molecule has 0 spiro atoms. The highest BCUT2D eigenvalue weighted by Gasteiger charge is 2.34. The molecule has 0 aliphatic carbocycles. The summed E-state index contributed by atoms with van der Waals surface area (Å²) >= 11 is 3.32. The van der Waals surface area contributed by atoms with Crippen LogP contribution in [-0.2, 0) is 0 Å². The molecule has 2 N–H and O–H groups in total. The maximum absolute atomic E-state index is 12.4. The van der Waals surface area contributed by atoms with E-state index in [-0.39, 0.29) is 24.4 Å². The Morgan fingerprint density at radius 1 is 1.10 bits per heavy atom. The average molecular weight is 458 g/mol. The molecule has 0 saturated heterocycles. The monoisotopic (exact) mass is 457 g/mol. The highest BCUT2D eigenvalue weighted by Crippen LogP contribution is 2.27. The Bertz CT molecular complexity index is 945. The maximum Gasteiger partial charge on any atom is 0.319 e. The lowest BCUT2D eigenvalue weighted by Crippen LogP contribution is -2.35. The molecule has 2 aromatic rings. The predicted molar refractivity (Wildman–Crippen MR) is 116 cm³/mol. The molecule has 1 heterocycles. The van der Waals surface area contributed by atoms with E-state index in [0.29, 0.717) is 30.0 Å². The SMILES string of the molecule is CCC(C)c1ccccc1NC(=O)NCCCN1C(=O)c2ccc(Br)cc2C1=O. The molecule has 29 heavy (non-hydrogen) atoms. The second-order valence-electron chi connectivity index (χ2n) is 7.08. The predicted octanol–water partition coefficient (Wildman–Crippen LogP) is 4.77. The van der Waals surface area contributed by atoms with Gasteiger partial charge in [0, 0.05) is 23.2 Å². The van der Waals surface area contributed by atoms with Gasteiger partial charge in [0.05, 0.1) is 11.1 Å². The van der Waals surface area contributed by atoms with Gasteiger partial charge in [0.2, 0.25) is 0 Å². The van der Waals surface area contributed by atoms with E-state index < -0.39 is 0 Å². The molecular formula is C22H24BrN3O3. The molecule has 0 fully saturated rings. The largest absolute Gasteiger partial charge is 0.338 e. The number of nitrogens with one attached hydrogen (secondary N) is 2. The lowest BCUT2D eigenvalue weighted by atomic mass is 9.97. The van der Waals surface area contributed by atoms with Gasteiger partial charge in [0.1, 0.15) is 0 Å². The zero-order chi connectivity index (χ0) is 21.0. The van der Waals surface area contributed by atoms with Gasteiger partial charge in [0.25, 0.3) is 11.8 Å². The number of imide groups is 1. The number of anilines is 1. The van der Waals surface area contributed by atoms with Crippen molar-refractivity contribution in [1.82, 2.24) is 10.2 Å². The Morgan fingerprint density at radius 3 is 2.59 bits per heavy atom. The van der Waals surface area contributed by atoms with Gasteiger partial charge < -0.3 is 10.6 Å². The summed E-state index contributed by atoms with van der Waals surface area (Å²) in [4.78, 5) is 38.3. The second-order valence-corrected chi connectivity index (χ2v) is 8.00. The fourth-order valence-electron chi connectivity index (χ4n) is 3.33. The fourth-order valence-corrected chi connectivity index (χ4v) is 3.69. The van der Waals surface area contributed by atoms with E-state index in [2.05, 4.69) is 40.4 Å². The van der Waals surface area contributed by atoms with Crippen molar-refractivity contribution >= 4 is 39.5 Å². The Kier molecular flexibility index (Phi) is 6.69. The van der Waals surface area contributed by atoms with Crippen LogP contribution in [0.15, 0.2) is 46.9 Å². The lowest BCUT2D eigenvalue weighted by molar-refractivity contribution is 0.0653. The fraction of sp³-hybridized carbons (Fsp3) is 0.318. The first-order chi connectivity index (χ1) is 13.9. The number of halogens is 1. The normalized spacial score (nSPS) is 14.0. The Labute approximate surface area is 178 Å². The number of fused-ring (bicyclic) bond motifs is 1. The smallest absolute Gasteiger partial charge is 0.319 e. The number of carbonyl (C=O) groups is 3. The van der Waals surface area contributed by atoms with Crippen LogP contribution in [0, 0.1) is 0 Å². The van der Waals surface area contributed by atoms with Gasteiger partial charge in [-0.3, -0.25) is 14.5 Å². The average Bonchev–Trinajstić information content (AvgIpc) is 2.95. The molecule has 0 aromatic heterocycles. The van der Waals surface area contributed by atoms with Crippen molar-refractivity contribution in [3.8, 4) is 0 Å². The van der Waals surface area contributed by atoms with Crippen molar-refractivity contribution in [3.63, 3.8) is 0 Å². The minimum atomic E-state index is -0.299. The van der Waals surface area contributed by atoms with Crippen molar-refractivity contribution in [2.75, 3.05) is 18.4 Å². The number of carbonyl (C=O) groups excluding carboxylic acids is 3. The lowest BCUT2D eigenvalue weighted by Gasteiger charge is -2.16. The molecule has 1 unspecified atom stereocenters. The summed E-state index contributed by atoms with van der Waals surface area (Å²) in [5, 5.41) is 5.68. The molecule has 6 nitrogen and oxygen atoms in total. The first-order valence-electron chi connectivity index (χ1n) is 9.72. The van der Waals surface area contributed by atoms with E-state index in [4.69, 9.17) is 0 Å². The van der Waals surface area contributed by atoms with Crippen LogP contribution in [0.4, 0.5) is 10.5 Å². The molecule has 0 radical (unpaired) electrons. The van der Waals surface area contributed by atoms with Gasteiger partial charge in [-0.1, -0.05) is 48.0 Å². The maximum atomic E-state index is 12.4. The third-order valence-electron chi connectivity index (χ3n) is 5.13. The Morgan fingerprint density at radius 2 is 1.83 bits per heavy atom. The second kappa shape index (κ2) is 9.22. The molecule has 1 aliphatic heterocycles. The first kappa shape index (κ1) is 21.0. The number of nitrogens with zero attached hydrogens (tertiary/aromatic N) is 1. The Hall–Kier alpha value is -2.67. The number of para-hydroxylation sites is 1. The van der Waals surface area contributed by atoms with E-state index >= 15 is 0 Å². The van der Waals surface area contributed by atoms with Crippen molar-refractivity contribution in [2.24, 2.45) is 0 Å². The number of amides is 4. The van der Waals surface area contributed by atoms with Gasteiger partial charge in [-0.15, -0.1) is 0 Å². The zero-order valence-corrected chi connectivity index (χ0v) is 18.1. The molecule has 2 aromatic carbocycles. The van der Waals surface area contributed by atoms with E-state index in [1.165, 1.54) is 4.90 Å². The quantitative estimate of drug-likeness (QED) is 0.464. The van der Waals surface area contributed by atoms with Crippen molar-refractivity contribution < 1.29 is 14.4 Å². The number of hydrogen-bond donors (Lipinski definition) is 2. The van der Waals surface area contributed by atoms with E-state index in [1.807, 2.05) is 24.3 Å². The molecule has 152 valence electrons. The van der Waals surface area contributed by atoms with E-state index in [0.717, 1.165) is 22.1 Å². The number of urea groups is 1.